The zero-order valence-corrected chi connectivity index (χ0v) is 9.81. The number of rotatable bonds is 1. The van der Waals surface area contributed by atoms with E-state index in [-0.39, 0.29) is 55.8 Å². The van der Waals surface area contributed by atoms with Crippen LogP contribution in [0, 0.1) is 6.08 Å². The fourth-order valence-corrected chi connectivity index (χ4v) is 0.693. The fourth-order valence-electron chi connectivity index (χ4n) is 0.693. The fraction of sp³-hybridized carbons (Fsp3) is 0.429. The van der Waals surface area contributed by atoms with Crippen molar-refractivity contribution in [2.45, 2.75) is 19.8 Å². The Labute approximate surface area is 99.0 Å². The molecule has 0 aromatic carbocycles. The first kappa shape index (κ1) is 22.7. The smallest absolute Gasteiger partial charge is 1.00 e. The second-order valence-electron chi connectivity index (χ2n) is 1.66. The molecule has 1 radical (unpaired) electrons. The summed E-state index contributed by atoms with van der Waals surface area (Å²) >= 11 is 0. The van der Waals surface area contributed by atoms with Crippen LogP contribution in [-0.2, 0) is 18.6 Å². The van der Waals surface area contributed by atoms with E-state index in [1.54, 1.807) is 0 Å². The quantitative estimate of drug-likeness (QED) is 0.406. The van der Waals surface area contributed by atoms with Gasteiger partial charge in [0.15, 0.2) is 0 Å². The Kier molecular flexibility index (Phi) is 27.9. The van der Waals surface area contributed by atoms with E-state index in [1.165, 1.54) is 5.57 Å². The van der Waals surface area contributed by atoms with Crippen molar-refractivity contribution in [3.63, 3.8) is 0 Å². The van der Waals surface area contributed by atoms with E-state index in [1.807, 2.05) is 0 Å². The van der Waals surface area contributed by atoms with E-state index >= 15 is 0 Å². The molecule has 0 heterocycles. The average Bonchev–Trinajstić information content (AvgIpc) is 2.14. The summed E-state index contributed by atoms with van der Waals surface area (Å²) in [6.07, 6.45) is 9.65. The van der Waals surface area contributed by atoms with Crippen LogP contribution in [0.5, 0.6) is 0 Å². The van der Waals surface area contributed by atoms with E-state index < -0.39 is 0 Å². The van der Waals surface area contributed by atoms with Crippen LogP contribution in [0.15, 0.2) is 17.7 Å². The van der Waals surface area contributed by atoms with Gasteiger partial charge in [0.25, 0.3) is 0 Å². The first-order valence-corrected chi connectivity index (χ1v) is 2.69. The van der Waals surface area contributed by atoms with Crippen LogP contribution in [0.1, 0.15) is 19.8 Å². The van der Waals surface area contributed by atoms with Crippen molar-refractivity contribution in [1.29, 1.82) is 0 Å². The van der Waals surface area contributed by atoms with E-state index in [0.29, 0.717) is 0 Å². The van der Waals surface area contributed by atoms with E-state index in [0.717, 1.165) is 12.8 Å². The number of hydrogen-bond acceptors (Lipinski definition) is 0. The predicted molar refractivity (Wildman–Crippen MR) is 30.8 cm³/mol. The minimum absolute atomic E-state index is 0. The van der Waals surface area contributed by atoms with Crippen LogP contribution in [0.2, 0.25) is 0 Å². The van der Waals surface area contributed by atoms with Crippen LogP contribution in [0.4, 0.5) is 0 Å². The van der Waals surface area contributed by atoms with Gasteiger partial charge in [-0.05, 0) is 0 Å². The van der Waals surface area contributed by atoms with Crippen molar-refractivity contribution in [3.05, 3.63) is 23.8 Å². The van der Waals surface area contributed by atoms with Crippen LogP contribution < -0.4 is 37.2 Å². The normalized spacial score (nSPS) is 11.2. The molecule has 0 bridgehead atoms. The molecule has 0 atom stereocenters. The van der Waals surface area contributed by atoms with Crippen molar-refractivity contribution in [2.75, 3.05) is 0 Å². The Morgan fingerprint density at radius 3 is 2.09 bits per heavy atom. The molecule has 4 heteroatoms. The summed E-state index contributed by atoms with van der Waals surface area (Å²) in [6.45, 7) is 2.15. The molecule has 0 unspecified atom stereocenters. The topological polar surface area (TPSA) is 0 Å². The molecule has 0 nitrogen and oxygen atoms in total. The zero-order valence-electron chi connectivity index (χ0n) is 6.15. The second-order valence-corrected chi connectivity index (χ2v) is 1.66. The maximum absolute atomic E-state index is 3.21. The summed E-state index contributed by atoms with van der Waals surface area (Å²) < 4.78 is 0. The minimum atomic E-state index is 0. The summed E-state index contributed by atoms with van der Waals surface area (Å²) in [7, 11) is 0. The van der Waals surface area contributed by atoms with Crippen molar-refractivity contribution >= 4 is 0 Å². The Morgan fingerprint density at radius 1 is 1.36 bits per heavy atom. The van der Waals surface area contributed by atoms with Gasteiger partial charge < -0.3 is 37.2 Å². The Balaban J connectivity index is -0.0000000612. The molecule has 0 aromatic rings. The van der Waals surface area contributed by atoms with Crippen LogP contribution in [-0.4, -0.2) is 0 Å². The summed E-state index contributed by atoms with van der Waals surface area (Å²) in [5, 5.41) is 0. The van der Waals surface area contributed by atoms with Crippen LogP contribution in [0.3, 0.4) is 0 Å². The van der Waals surface area contributed by atoms with E-state index in [9.17, 15) is 0 Å². The van der Waals surface area contributed by atoms with Crippen molar-refractivity contribution < 1.29 is 55.8 Å². The third-order valence-electron chi connectivity index (χ3n) is 1.15. The number of hydrogen-bond donors (Lipinski definition) is 0. The molecule has 1 rings (SSSR count). The number of halogens is 3. The summed E-state index contributed by atoms with van der Waals surface area (Å²) in [6, 6.07) is 0. The molecule has 0 N–H and O–H groups in total. The third-order valence-corrected chi connectivity index (χ3v) is 1.15. The molecule has 0 aromatic heterocycles. The Hall–Kier alpha value is 0.934. The van der Waals surface area contributed by atoms with Gasteiger partial charge in [-0.15, -0.1) is 6.42 Å². The molecule has 1 aliphatic rings. The van der Waals surface area contributed by atoms with Gasteiger partial charge in [0.05, 0.1) is 0 Å². The Bertz CT molecular complexity index is 121. The van der Waals surface area contributed by atoms with Gasteiger partial charge in [0.1, 0.15) is 0 Å². The minimum Gasteiger partial charge on any atom is -1.00 e. The molecule has 0 aliphatic heterocycles. The van der Waals surface area contributed by atoms with E-state index in [4.69, 9.17) is 0 Å². The van der Waals surface area contributed by atoms with Crippen molar-refractivity contribution in [1.82, 2.24) is 0 Å². The SMILES string of the molecule is CCC1=[C-]CC=C1.[Cl-].[Cl-].[Cl-].[V+4]. The van der Waals surface area contributed by atoms with Gasteiger partial charge in [0.2, 0.25) is 0 Å². The average molecular weight is 250 g/mol. The molecular weight excluding hydrogens is 241 g/mol. The maximum Gasteiger partial charge on any atom is 4.00 e. The van der Waals surface area contributed by atoms with Gasteiger partial charge in [0, 0.05) is 0 Å². The second kappa shape index (κ2) is 13.5. The number of allylic oxidation sites excluding steroid dienone is 4. The van der Waals surface area contributed by atoms with Crippen LogP contribution in [0.25, 0.3) is 0 Å². The van der Waals surface area contributed by atoms with Crippen LogP contribution >= 0.6 is 0 Å². The summed E-state index contributed by atoms with van der Waals surface area (Å²) in [5.74, 6) is 0. The molecule has 0 saturated carbocycles. The molecule has 0 spiro atoms. The molecule has 0 fully saturated rings. The summed E-state index contributed by atoms with van der Waals surface area (Å²) in [5.41, 5.74) is 1.36. The molecule has 63 valence electrons. The maximum atomic E-state index is 3.21. The molecule has 0 amide bonds. The monoisotopic (exact) mass is 249 g/mol. The standard InChI is InChI=1S/C7H9.3ClH.V/c1-2-7-5-3-4-6-7;;;;/h3,5H,2,4H2,1H3;3*1H;/q-1;;;;+4/p-3. The van der Waals surface area contributed by atoms with Gasteiger partial charge in [-0.2, -0.15) is 6.08 Å². The van der Waals surface area contributed by atoms with E-state index in [2.05, 4.69) is 25.2 Å². The Morgan fingerprint density at radius 2 is 1.91 bits per heavy atom. The first-order valence-electron chi connectivity index (χ1n) is 2.69. The van der Waals surface area contributed by atoms with Gasteiger partial charge in [-0.25, -0.2) is 11.6 Å². The molecule has 1 aliphatic carbocycles. The largest absolute Gasteiger partial charge is 4.00 e. The molecule has 0 saturated heterocycles. The van der Waals surface area contributed by atoms with Crippen molar-refractivity contribution in [2.24, 2.45) is 0 Å². The van der Waals surface area contributed by atoms with Gasteiger partial charge in [-0.3, -0.25) is 6.08 Å². The zero-order chi connectivity index (χ0) is 5.11. The van der Waals surface area contributed by atoms with Gasteiger partial charge in [-0.1, -0.05) is 13.3 Å². The van der Waals surface area contributed by atoms with Crippen molar-refractivity contribution in [3.8, 4) is 0 Å². The van der Waals surface area contributed by atoms with Gasteiger partial charge >= 0.3 is 18.6 Å². The molecular formula is C7H9Cl3V. The predicted octanol–water partition coefficient (Wildman–Crippen LogP) is -6.90. The first-order chi connectivity index (χ1) is 3.43. The molecule has 11 heavy (non-hydrogen) atoms. The third kappa shape index (κ3) is 8.84. The summed E-state index contributed by atoms with van der Waals surface area (Å²) in [4.78, 5) is 0.